The van der Waals surface area contributed by atoms with Gasteiger partial charge in [0, 0.05) is 5.69 Å². The van der Waals surface area contributed by atoms with E-state index in [1.807, 2.05) is 42.5 Å². The second kappa shape index (κ2) is 9.65. The summed E-state index contributed by atoms with van der Waals surface area (Å²) < 4.78 is 18.3. The van der Waals surface area contributed by atoms with E-state index in [-0.39, 0.29) is 24.6 Å². The third-order valence-electron chi connectivity index (χ3n) is 4.48. The van der Waals surface area contributed by atoms with E-state index in [0.29, 0.717) is 5.56 Å². The third kappa shape index (κ3) is 5.64. The molecule has 0 saturated carbocycles. The van der Waals surface area contributed by atoms with E-state index in [1.54, 1.807) is 13.0 Å². The molecule has 0 aliphatic heterocycles. The zero-order chi connectivity index (χ0) is 21.5. The van der Waals surface area contributed by atoms with Crippen LogP contribution in [0.3, 0.4) is 0 Å². The fraction of sp³-hybridized carbons (Fsp3) is 0.174. The van der Waals surface area contributed by atoms with Crippen LogP contribution in [0.15, 0.2) is 60.7 Å². The lowest BCUT2D eigenvalue weighted by atomic mass is 10.0. The Hall–Kier alpha value is -3.74. The predicted octanol–water partition coefficient (Wildman–Crippen LogP) is 3.13. The Morgan fingerprint density at radius 3 is 2.53 bits per heavy atom. The van der Waals surface area contributed by atoms with Gasteiger partial charge in [0.1, 0.15) is 12.4 Å². The van der Waals surface area contributed by atoms with E-state index in [0.717, 1.165) is 16.3 Å². The zero-order valence-electron chi connectivity index (χ0n) is 16.4. The number of hydrogen-bond donors (Lipinski definition) is 2. The molecule has 0 radical (unpaired) electrons. The third-order valence-corrected chi connectivity index (χ3v) is 4.48. The lowest BCUT2D eigenvalue weighted by Gasteiger charge is -2.09. The molecule has 2 N–H and O–H groups in total. The van der Waals surface area contributed by atoms with Gasteiger partial charge in [0.15, 0.2) is 6.61 Å². The Kier molecular flexibility index (Phi) is 6.75. The Balaban J connectivity index is 1.43. The van der Waals surface area contributed by atoms with Crippen molar-refractivity contribution in [2.24, 2.45) is 0 Å². The van der Waals surface area contributed by atoms with Gasteiger partial charge in [-0.05, 0) is 41.0 Å². The number of carbonyl (C=O) groups is 3. The summed E-state index contributed by atoms with van der Waals surface area (Å²) in [6, 6.07) is 17.7. The first-order valence-electron chi connectivity index (χ1n) is 9.37. The summed E-state index contributed by atoms with van der Waals surface area (Å²) in [6.07, 6.45) is 0.119. The standard InChI is InChI=1S/C23H21FN2O4/c1-15-9-10-18(12-20(15)24)26-22(28)14-30-23(29)13-25-21(27)11-17-7-4-6-16-5-2-3-8-19(16)17/h2-10,12H,11,13-14H2,1H3,(H,25,27)(H,26,28). The van der Waals surface area contributed by atoms with Crippen LogP contribution in [0.5, 0.6) is 0 Å². The van der Waals surface area contributed by atoms with Crippen molar-refractivity contribution in [1.29, 1.82) is 0 Å². The Morgan fingerprint density at radius 1 is 0.967 bits per heavy atom. The summed E-state index contributed by atoms with van der Waals surface area (Å²) in [4.78, 5) is 35.8. The van der Waals surface area contributed by atoms with Crippen molar-refractivity contribution in [3.8, 4) is 0 Å². The summed E-state index contributed by atoms with van der Waals surface area (Å²) in [6.45, 7) is 0.723. The molecule has 0 saturated heterocycles. The highest BCUT2D eigenvalue weighted by molar-refractivity contribution is 5.93. The van der Waals surface area contributed by atoms with Gasteiger partial charge in [-0.3, -0.25) is 14.4 Å². The Bertz CT molecular complexity index is 1090. The molecular weight excluding hydrogens is 387 g/mol. The van der Waals surface area contributed by atoms with Crippen molar-refractivity contribution in [2.45, 2.75) is 13.3 Å². The number of esters is 1. The summed E-state index contributed by atoms with van der Waals surface area (Å²) in [7, 11) is 0. The first-order valence-corrected chi connectivity index (χ1v) is 9.37. The molecule has 7 heteroatoms. The minimum absolute atomic E-state index is 0.119. The first kappa shape index (κ1) is 21.0. The fourth-order valence-corrected chi connectivity index (χ4v) is 2.92. The molecule has 0 aliphatic rings. The van der Waals surface area contributed by atoms with E-state index in [2.05, 4.69) is 10.6 Å². The fourth-order valence-electron chi connectivity index (χ4n) is 2.92. The predicted molar refractivity (Wildman–Crippen MR) is 111 cm³/mol. The van der Waals surface area contributed by atoms with Gasteiger partial charge in [0.25, 0.3) is 5.91 Å². The highest BCUT2D eigenvalue weighted by Crippen LogP contribution is 2.18. The molecule has 0 atom stereocenters. The average molecular weight is 408 g/mol. The molecule has 2 amide bonds. The Labute approximate surface area is 173 Å². The van der Waals surface area contributed by atoms with Gasteiger partial charge < -0.3 is 15.4 Å². The number of nitrogens with one attached hydrogen (secondary N) is 2. The molecule has 3 aromatic carbocycles. The molecule has 0 fully saturated rings. The molecular formula is C23H21FN2O4. The molecule has 6 nitrogen and oxygen atoms in total. The van der Waals surface area contributed by atoms with Crippen LogP contribution >= 0.6 is 0 Å². The molecule has 0 spiro atoms. The van der Waals surface area contributed by atoms with Gasteiger partial charge in [-0.25, -0.2) is 4.39 Å². The first-order chi connectivity index (χ1) is 14.4. The molecule has 0 bridgehead atoms. The van der Waals surface area contributed by atoms with Crippen molar-refractivity contribution in [1.82, 2.24) is 5.32 Å². The number of halogens is 1. The van der Waals surface area contributed by atoms with Crippen LogP contribution in [-0.2, 0) is 25.5 Å². The van der Waals surface area contributed by atoms with Crippen molar-refractivity contribution in [2.75, 3.05) is 18.5 Å². The van der Waals surface area contributed by atoms with Gasteiger partial charge in [-0.15, -0.1) is 0 Å². The average Bonchev–Trinajstić information content (AvgIpc) is 2.74. The summed E-state index contributed by atoms with van der Waals surface area (Å²) >= 11 is 0. The minimum atomic E-state index is -0.744. The zero-order valence-corrected chi connectivity index (χ0v) is 16.4. The summed E-state index contributed by atoms with van der Waals surface area (Å²) in [5, 5.41) is 6.93. The number of aryl methyl sites for hydroxylation is 1. The maximum absolute atomic E-state index is 13.5. The van der Waals surface area contributed by atoms with Crippen LogP contribution in [0.2, 0.25) is 0 Å². The van der Waals surface area contributed by atoms with Crippen LogP contribution in [-0.4, -0.2) is 30.9 Å². The van der Waals surface area contributed by atoms with Crippen molar-refractivity contribution in [3.05, 3.63) is 77.6 Å². The van der Waals surface area contributed by atoms with Crippen molar-refractivity contribution < 1.29 is 23.5 Å². The lowest BCUT2D eigenvalue weighted by molar-refractivity contribution is -0.147. The normalized spacial score (nSPS) is 10.5. The van der Waals surface area contributed by atoms with Crippen LogP contribution in [0.25, 0.3) is 10.8 Å². The van der Waals surface area contributed by atoms with Gasteiger partial charge in [0.2, 0.25) is 5.91 Å². The quantitative estimate of drug-likeness (QED) is 0.589. The van der Waals surface area contributed by atoms with E-state index in [1.165, 1.54) is 12.1 Å². The second-order valence-electron chi connectivity index (χ2n) is 6.76. The molecule has 0 aromatic heterocycles. The van der Waals surface area contributed by atoms with Gasteiger partial charge >= 0.3 is 5.97 Å². The van der Waals surface area contributed by atoms with Crippen molar-refractivity contribution in [3.63, 3.8) is 0 Å². The number of fused-ring (bicyclic) bond motifs is 1. The molecule has 3 rings (SSSR count). The smallest absolute Gasteiger partial charge is 0.325 e. The van der Waals surface area contributed by atoms with Crippen LogP contribution in [0, 0.1) is 12.7 Å². The molecule has 3 aromatic rings. The minimum Gasteiger partial charge on any atom is -0.454 e. The molecule has 154 valence electrons. The van der Waals surface area contributed by atoms with Crippen LogP contribution in [0.4, 0.5) is 10.1 Å². The Morgan fingerprint density at radius 2 is 1.73 bits per heavy atom. The van der Waals surface area contributed by atoms with Gasteiger partial charge in [-0.2, -0.15) is 0 Å². The molecule has 0 unspecified atom stereocenters. The van der Waals surface area contributed by atoms with Gasteiger partial charge in [-0.1, -0.05) is 48.5 Å². The second-order valence-corrected chi connectivity index (χ2v) is 6.76. The van der Waals surface area contributed by atoms with Crippen molar-refractivity contribution >= 4 is 34.2 Å². The number of amides is 2. The molecule has 0 heterocycles. The molecule has 30 heavy (non-hydrogen) atoms. The van der Waals surface area contributed by atoms with E-state index >= 15 is 0 Å². The van der Waals surface area contributed by atoms with Crippen LogP contribution in [0.1, 0.15) is 11.1 Å². The van der Waals surface area contributed by atoms with E-state index < -0.39 is 24.3 Å². The lowest BCUT2D eigenvalue weighted by Crippen LogP contribution is -2.33. The SMILES string of the molecule is Cc1ccc(NC(=O)COC(=O)CNC(=O)Cc2cccc3ccccc23)cc1F. The molecule has 0 aliphatic carbocycles. The van der Waals surface area contributed by atoms with Crippen LogP contribution < -0.4 is 10.6 Å². The van der Waals surface area contributed by atoms with E-state index in [9.17, 15) is 18.8 Å². The number of hydrogen-bond acceptors (Lipinski definition) is 4. The largest absolute Gasteiger partial charge is 0.454 e. The highest BCUT2D eigenvalue weighted by Gasteiger charge is 2.12. The number of anilines is 1. The topological polar surface area (TPSA) is 84.5 Å². The highest BCUT2D eigenvalue weighted by atomic mass is 19.1. The number of rotatable bonds is 7. The number of ether oxygens (including phenoxy) is 1. The monoisotopic (exact) mass is 408 g/mol. The summed E-state index contributed by atoms with van der Waals surface area (Å²) in [5.41, 5.74) is 1.57. The maximum Gasteiger partial charge on any atom is 0.325 e. The maximum atomic E-state index is 13.5. The number of carbonyl (C=O) groups excluding carboxylic acids is 3. The number of benzene rings is 3. The van der Waals surface area contributed by atoms with E-state index in [4.69, 9.17) is 4.74 Å². The van der Waals surface area contributed by atoms with Gasteiger partial charge in [0.05, 0.1) is 6.42 Å². The summed E-state index contributed by atoms with van der Waals surface area (Å²) in [5.74, 6) is -2.12.